The van der Waals surface area contributed by atoms with Gasteiger partial charge in [0.15, 0.2) is 0 Å². The van der Waals surface area contributed by atoms with Crippen LogP contribution >= 0.6 is 0 Å². The Morgan fingerprint density at radius 1 is 0.944 bits per heavy atom. The van der Waals surface area contributed by atoms with Crippen LogP contribution in [0.3, 0.4) is 0 Å². The van der Waals surface area contributed by atoms with Crippen molar-refractivity contribution in [3.63, 3.8) is 0 Å². The van der Waals surface area contributed by atoms with Crippen LogP contribution in [0.5, 0.6) is 0 Å². The van der Waals surface area contributed by atoms with Gasteiger partial charge in [0.05, 0.1) is 5.73 Å². The molecular formula is C15H17FOSi. The Kier molecular flexibility index (Phi) is 3.64. The molecule has 0 fully saturated rings. The van der Waals surface area contributed by atoms with Gasteiger partial charge in [-0.05, 0) is 17.7 Å². The number of rotatable bonds is 3. The lowest BCUT2D eigenvalue weighted by Crippen LogP contribution is -2.47. The minimum absolute atomic E-state index is 0.273. The average molecular weight is 260 g/mol. The van der Waals surface area contributed by atoms with Crippen LogP contribution in [0.4, 0.5) is 4.39 Å². The summed E-state index contributed by atoms with van der Waals surface area (Å²) in [7, 11) is -2.01. The van der Waals surface area contributed by atoms with Gasteiger partial charge in [-0.3, -0.25) is 0 Å². The van der Waals surface area contributed by atoms with Crippen molar-refractivity contribution in [1.82, 2.24) is 0 Å². The topological polar surface area (TPSA) is 20.2 Å². The molecule has 1 N–H and O–H groups in total. The fraction of sp³-hybridized carbons (Fsp3) is 0.200. The first-order valence-electron chi connectivity index (χ1n) is 6.01. The first-order chi connectivity index (χ1) is 8.51. The van der Waals surface area contributed by atoms with Gasteiger partial charge in [0.25, 0.3) is 0 Å². The predicted molar refractivity (Wildman–Crippen MR) is 74.9 cm³/mol. The lowest BCUT2D eigenvalue weighted by molar-refractivity contribution is 0.251. The number of aliphatic hydroxyl groups is 1. The largest absolute Gasteiger partial charge is 0.392 e. The standard InChI is InChI=1S/C15H17FOSi/c1-18(2,14-6-4-3-5-7-14)15(17)12-8-10-13(16)11-9-12/h3-11,15,17H,1-2H3/t15-/m1/s1. The van der Waals surface area contributed by atoms with Crippen LogP contribution in [0.1, 0.15) is 11.3 Å². The Morgan fingerprint density at radius 2 is 1.50 bits per heavy atom. The molecule has 0 radical (unpaired) electrons. The summed E-state index contributed by atoms with van der Waals surface area (Å²) in [5, 5.41) is 11.7. The molecular weight excluding hydrogens is 243 g/mol. The van der Waals surface area contributed by atoms with E-state index in [1.165, 1.54) is 17.3 Å². The summed E-state index contributed by atoms with van der Waals surface area (Å²) < 4.78 is 12.9. The van der Waals surface area contributed by atoms with E-state index in [-0.39, 0.29) is 5.82 Å². The first kappa shape index (κ1) is 13.0. The molecule has 3 heteroatoms. The summed E-state index contributed by atoms with van der Waals surface area (Å²) in [6, 6.07) is 16.2. The lowest BCUT2D eigenvalue weighted by Gasteiger charge is -2.29. The van der Waals surface area contributed by atoms with Gasteiger partial charge in [-0.15, -0.1) is 0 Å². The molecule has 2 rings (SSSR count). The fourth-order valence-corrected chi connectivity index (χ4v) is 4.48. The number of benzene rings is 2. The first-order valence-corrected chi connectivity index (χ1v) is 9.08. The molecule has 1 atom stereocenters. The van der Waals surface area contributed by atoms with Crippen molar-refractivity contribution >= 4 is 13.3 Å². The molecule has 0 aliphatic heterocycles. The zero-order valence-corrected chi connectivity index (χ0v) is 11.6. The van der Waals surface area contributed by atoms with E-state index >= 15 is 0 Å². The number of hydrogen-bond donors (Lipinski definition) is 1. The summed E-state index contributed by atoms with van der Waals surface area (Å²) in [4.78, 5) is 0. The third-order valence-electron chi connectivity index (χ3n) is 3.39. The van der Waals surface area contributed by atoms with Crippen molar-refractivity contribution in [3.05, 3.63) is 66.0 Å². The molecule has 0 aliphatic rings. The summed E-state index contributed by atoms with van der Waals surface area (Å²) >= 11 is 0. The maximum atomic E-state index is 12.9. The van der Waals surface area contributed by atoms with Crippen LogP contribution in [0.25, 0.3) is 0 Å². The van der Waals surface area contributed by atoms with Gasteiger partial charge in [-0.1, -0.05) is 60.7 Å². The Hall–Kier alpha value is -1.45. The maximum absolute atomic E-state index is 12.9. The van der Waals surface area contributed by atoms with E-state index in [2.05, 4.69) is 25.2 Å². The Balaban J connectivity index is 2.32. The van der Waals surface area contributed by atoms with Gasteiger partial charge >= 0.3 is 0 Å². The van der Waals surface area contributed by atoms with E-state index in [0.717, 1.165) is 5.56 Å². The maximum Gasteiger partial charge on any atom is 0.123 e. The molecule has 2 aromatic carbocycles. The average Bonchev–Trinajstić information content (AvgIpc) is 2.40. The van der Waals surface area contributed by atoms with Crippen molar-refractivity contribution in [2.45, 2.75) is 18.8 Å². The molecule has 0 aliphatic carbocycles. The van der Waals surface area contributed by atoms with E-state index in [4.69, 9.17) is 0 Å². The SMILES string of the molecule is C[Si](C)(c1ccccc1)[C@@H](O)c1ccc(F)cc1. The minimum atomic E-state index is -2.01. The van der Waals surface area contributed by atoms with Crippen LogP contribution in [0, 0.1) is 5.82 Å². The minimum Gasteiger partial charge on any atom is -0.392 e. The molecule has 1 nitrogen and oxygen atoms in total. The van der Waals surface area contributed by atoms with Gasteiger partial charge in [0.2, 0.25) is 0 Å². The molecule has 94 valence electrons. The van der Waals surface area contributed by atoms with Gasteiger partial charge < -0.3 is 5.11 Å². The number of aliphatic hydroxyl groups excluding tert-OH is 1. The van der Waals surface area contributed by atoms with Crippen molar-refractivity contribution in [3.8, 4) is 0 Å². The van der Waals surface area contributed by atoms with Crippen molar-refractivity contribution in [2.24, 2.45) is 0 Å². The van der Waals surface area contributed by atoms with Crippen LogP contribution in [0.15, 0.2) is 54.6 Å². The summed E-state index contributed by atoms with van der Waals surface area (Å²) in [5.41, 5.74) is 0.261. The quantitative estimate of drug-likeness (QED) is 0.841. The monoisotopic (exact) mass is 260 g/mol. The van der Waals surface area contributed by atoms with Crippen LogP contribution in [-0.4, -0.2) is 13.2 Å². The van der Waals surface area contributed by atoms with Crippen LogP contribution in [0.2, 0.25) is 13.1 Å². The van der Waals surface area contributed by atoms with Crippen molar-refractivity contribution in [1.29, 1.82) is 0 Å². The zero-order chi connectivity index (χ0) is 13.2. The lowest BCUT2D eigenvalue weighted by atomic mass is 10.2. The Bertz CT molecular complexity index is 508. The summed E-state index contributed by atoms with van der Waals surface area (Å²) in [5.74, 6) is -0.273. The summed E-state index contributed by atoms with van der Waals surface area (Å²) in [6.45, 7) is 4.24. The molecule has 0 heterocycles. The highest BCUT2D eigenvalue weighted by Crippen LogP contribution is 2.24. The highest BCUT2D eigenvalue weighted by Gasteiger charge is 2.33. The van der Waals surface area contributed by atoms with Crippen LogP contribution in [-0.2, 0) is 0 Å². The second-order valence-electron chi connectivity index (χ2n) is 5.04. The molecule has 0 spiro atoms. The van der Waals surface area contributed by atoms with E-state index in [1.54, 1.807) is 12.1 Å². The second-order valence-corrected chi connectivity index (χ2v) is 9.61. The van der Waals surface area contributed by atoms with E-state index in [9.17, 15) is 9.50 Å². The highest BCUT2D eigenvalue weighted by molar-refractivity contribution is 6.90. The smallest absolute Gasteiger partial charge is 0.123 e. The van der Waals surface area contributed by atoms with Gasteiger partial charge in [-0.25, -0.2) is 4.39 Å². The number of hydrogen-bond acceptors (Lipinski definition) is 1. The van der Waals surface area contributed by atoms with Gasteiger partial charge in [-0.2, -0.15) is 0 Å². The van der Waals surface area contributed by atoms with Gasteiger partial charge in [0.1, 0.15) is 13.9 Å². The van der Waals surface area contributed by atoms with Crippen molar-refractivity contribution in [2.75, 3.05) is 0 Å². The van der Waals surface area contributed by atoms with Crippen molar-refractivity contribution < 1.29 is 9.50 Å². The van der Waals surface area contributed by atoms with E-state index < -0.39 is 13.8 Å². The predicted octanol–water partition coefficient (Wildman–Crippen LogP) is 3.01. The molecule has 0 aromatic heterocycles. The molecule has 0 saturated carbocycles. The summed E-state index contributed by atoms with van der Waals surface area (Å²) in [6.07, 6.45) is 0. The molecule has 0 amide bonds. The third kappa shape index (κ3) is 2.52. The highest BCUT2D eigenvalue weighted by atomic mass is 28.3. The van der Waals surface area contributed by atoms with E-state index in [0.29, 0.717) is 0 Å². The van der Waals surface area contributed by atoms with Crippen LogP contribution < -0.4 is 5.19 Å². The second kappa shape index (κ2) is 5.04. The third-order valence-corrected chi connectivity index (χ3v) is 6.91. The van der Waals surface area contributed by atoms with Gasteiger partial charge in [0, 0.05) is 0 Å². The molecule has 0 bridgehead atoms. The normalized spacial score (nSPS) is 13.3. The molecule has 0 saturated heterocycles. The molecule has 0 unspecified atom stereocenters. The Labute approximate surface area is 108 Å². The zero-order valence-electron chi connectivity index (χ0n) is 10.6. The number of halogens is 1. The van der Waals surface area contributed by atoms with E-state index in [1.807, 2.05) is 18.2 Å². The molecule has 18 heavy (non-hydrogen) atoms. The molecule has 2 aromatic rings. The Morgan fingerprint density at radius 3 is 2.06 bits per heavy atom. The fourth-order valence-electron chi connectivity index (χ4n) is 2.09.